The molecule has 168 valence electrons. The summed E-state index contributed by atoms with van der Waals surface area (Å²) in [5, 5.41) is 3.65. The molecule has 0 aliphatic carbocycles. The highest BCUT2D eigenvalue weighted by Gasteiger charge is 2.23. The van der Waals surface area contributed by atoms with Crippen molar-refractivity contribution in [1.82, 2.24) is 9.97 Å². The molecule has 1 fully saturated rings. The molecule has 2 heterocycles. The molecule has 2 aromatic rings. The molecule has 1 amide bonds. The maximum Gasteiger partial charge on any atom is 0.234 e. The number of hydrogen-bond acceptors (Lipinski definition) is 8. The fourth-order valence-corrected chi connectivity index (χ4v) is 4.58. The highest BCUT2D eigenvalue weighted by molar-refractivity contribution is 7.99. The number of amides is 1. The minimum atomic E-state index is -0.153. The van der Waals surface area contributed by atoms with Gasteiger partial charge in [0.05, 0.1) is 27.1 Å². The zero-order chi connectivity index (χ0) is 22.4. The summed E-state index contributed by atoms with van der Waals surface area (Å²) < 4.78 is 16.0. The van der Waals surface area contributed by atoms with E-state index >= 15 is 0 Å². The molecule has 3 rings (SSSR count). The van der Waals surface area contributed by atoms with Crippen molar-refractivity contribution in [2.75, 3.05) is 50.4 Å². The van der Waals surface area contributed by atoms with Crippen LogP contribution >= 0.6 is 11.8 Å². The molecule has 0 bridgehead atoms. The lowest BCUT2D eigenvalue weighted by Crippen LogP contribution is -2.39. The van der Waals surface area contributed by atoms with Crippen molar-refractivity contribution in [2.24, 2.45) is 11.8 Å². The van der Waals surface area contributed by atoms with Gasteiger partial charge in [-0.3, -0.25) is 4.79 Å². The van der Waals surface area contributed by atoms with Gasteiger partial charge in [0.25, 0.3) is 0 Å². The van der Waals surface area contributed by atoms with E-state index in [1.54, 1.807) is 18.5 Å². The molecule has 9 heteroatoms. The second-order valence-corrected chi connectivity index (χ2v) is 8.81. The molecule has 1 aromatic heterocycles. The van der Waals surface area contributed by atoms with E-state index in [0.29, 0.717) is 34.8 Å². The van der Waals surface area contributed by atoms with Crippen LogP contribution in [0.3, 0.4) is 0 Å². The number of hydrogen-bond donors (Lipinski definition) is 1. The summed E-state index contributed by atoms with van der Waals surface area (Å²) in [6, 6.07) is 5.36. The summed E-state index contributed by atoms with van der Waals surface area (Å²) in [5.74, 6) is 3.70. The third-order valence-electron chi connectivity index (χ3n) is 5.12. The lowest BCUT2D eigenvalue weighted by molar-refractivity contribution is -0.113. The Balaban J connectivity index is 1.62. The third-order valence-corrected chi connectivity index (χ3v) is 6.05. The first-order valence-corrected chi connectivity index (χ1v) is 11.2. The van der Waals surface area contributed by atoms with Crippen LogP contribution in [0.25, 0.3) is 0 Å². The average molecular weight is 447 g/mol. The van der Waals surface area contributed by atoms with Crippen LogP contribution in [0.1, 0.15) is 20.3 Å². The van der Waals surface area contributed by atoms with Gasteiger partial charge in [0, 0.05) is 37.0 Å². The largest absolute Gasteiger partial charge is 0.493 e. The van der Waals surface area contributed by atoms with E-state index in [4.69, 9.17) is 14.2 Å². The maximum absolute atomic E-state index is 12.5. The summed E-state index contributed by atoms with van der Waals surface area (Å²) in [4.78, 5) is 23.6. The van der Waals surface area contributed by atoms with Crippen molar-refractivity contribution in [3.63, 3.8) is 0 Å². The van der Waals surface area contributed by atoms with Crippen molar-refractivity contribution < 1.29 is 19.0 Å². The molecule has 0 saturated carbocycles. The molecule has 1 aliphatic heterocycles. The highest BCUT2D eigenvalue weighted by atomic mass is 32.2. The number of ether oxygens (including phenoxy) is 3. The summed E-state index contributed by atoms with van der Waals surface area (Å²) in [7, 11) is 4.61. The molecule has 1 aliphatic rings. The lowest BCUT2D eigenvalue weighted by Gasteiger charge is -2.35. The van der Waals surface area contributed by atoms with E-state index in [1.165, 1.54) is 39.5 Å². The number of carbonyl (C=O) groups excluding carboxylic acids is 1. The fraction of sp³-hybridized carbons (Fsp3) is 0.500. The Morgan fingerprint density at radius 2 is 1.71 bits per heavy atom. The number of carbonyl (C=O) groups is 1. The Kier molecular flexibility index (Phi) is 7.84. The van der Waals surface area contributed by atoms with E-state index in [-0.39, 0.29) is 11.7 Å². The first kappa shape index (κ1) is 23.0. The van der Waals surface area contributed by atoms with Gasteiger partial charge in [-0.25, -0.2) is 9.97 Å². The van der Waals surface area contributed by atoms with Gasteiger partial charge in [0.2, 0.25) is 11.7 Å². The average Bonchev–Trinajstić information content (AvgIpc) is 2.76. The number of methoxy groups -OCH3 is 3. The zero-order valence-corrected chi connectivity index (χ0v) is 19.5. The van der Waals surface area contributed by atoms with E-state index in [2.05, 4.69) is 34.0 Å². The molecular weight excluding hydrogens is 416 g/mol. The Morgan fingerprint density at radius 3 is 2.29 bits per heavy atom. The fourth-order valence-electron chi connectivity index (χ4n) is 3.92. The SMILES string of the molecule is COc1cc(NC(=O)CSc2cc(N3CC(C)CC(C)C3)ncn2)cc(OC)c1OC. The Labute approximate surface area is 187 Å². The zero-order valence-electron chi connectivity index (χ0n) is 18.7. The predicted octanol–water partition coefficient (Wildman–Crippen LogP) is 3.72. The Morgan fingerprint density at radius 1 is 1.06 bits per heavy atom. The van der Waals surface area contributed by atoms with Crippen LogP contribution in [0, 0.1) is 11.8 Å². The minimum Gasteiger partial charge on any atom is -0.493 e. The molecule has 0 spiro atoms. The molecule has 0 radical (unpaired) electrons. The summed E-state index contributed by atoms with van der Waals surface area (Å²) in [5.41, 5.74) is 0.569. The van der Waals surface area contributed by atoms with Gasteiger partial charge in [-0.05, 0) is 18.3 Å². The molecule has 2 atom stereocenters. The van der Waals surface area contributed by atoms with Gasteiger partial charge in [0.15, 0.2) is 11.5 Å². The number of nitrogens with zero attached hydrogens (tertiary/aromatic N) is 3. The maximum atomic E-state index is 12.5. The summed E-state index contributed by atoms with van der Waals surface area (Å²) >= 11 is 1.38. The molecular formula is C22H30N4O4S. The van der Waals surface area contributed by atoms with Gasteiger partial charge in [-0.2, -0.15) is 0 Å². The standard InChI is InChI=1S/C22H30N4O4S/c1-14-6-15(2)11-26(10-14)19-9-21(24-13-23-19)31-12-20(27)25-16-7-17(28-3)22(30-5)18(8-16)29-4/h7-9,13-15H,6,10-12H2,1-5H3,(H,25,27). The molecule has 1 saturated heterocycles. The van der Waals surface area contributed by atoms with E-state index < -0.39 is 0 Å². The molecule has 1 aromatic carbocycles. The minimum absolute atomic E-state index is 0.153. The van der Waals surface area contributed by atoms with Gasteiger partial charge in [-0.15, -0.1) is 0 Å². The van der Waals surface area contributed by atoms with E-state index in [0.717, 1.165) is 23.9 Å². The van der Waals surface area contributed by atoms with E-state index in [1.807, 2.05) is 6.07 Å². The van der Waals surface area contributed by atoms with Crippen molar-refractivity contribution in [3.8, 4) is 17.2 Å². The molecule has 1 N–H and O–H groups in total. The first-order chi connectivity index (χ1) is 14.9. The molecule has 2 unspecified atom stereocenters. The Hall–Kier alpha value is -2.68. The Bertz CT molecular complexity index is 876. The number of anilines is 2. The van der Waals surface area contributed by atoms with Crippen LogP contribution in [0.4, 0.5) is 11.5 Å². The van der Waals surface area contributed by atoms with Crippen LogP contribution in [0.2, 0.25) is 0 Å². The van der Waals surface area contributed by atoms with Crippen molar-refractivity contribution in [2.45, 2.75) is 25.3 Å². The number of thioether (sulfide) groups is 1. The lowest BCUT2D eigenvalue weighted by atomic mass is 9.92. The quantitative estimate of drug-likeness (QED) is 0.485. The van der Waals surface area contributed by atoms with Crippen LogP contribution in [0.15, 0.2) is 29.6 Å². The van der Waals surface area contributed by atoms with Crippen LogP contribution in [-0.2, 0) is 4.79 Å². The first-order valence-electron chi connectivity index (χ1n) is 10.2. The predicted molar refractivity (Wildman–Crippen MR) is 123 cm³/mol. The van der Waals surface area contributed by atoms with Crippen molar-refractivity contribution >= 4 is 29.2 Å². The van der Waals surface area contributed by atoms with Crippen molar-refractivity contribution in [3.05, 3.63) is 24.5 Å². The van der Waals surface area contributed by atoms with Gasteiger partial charge in [-0.1, -0.05) is 25.6 Å². The number of benzene rings is 1. The topological polar surface area (TPSA) is 85.8 Å². The molecule has 8 nitrogen and oxygen atoms in total. The van der Waals surface area contributed by atoms with Crippen LogP contribution in [0.5, 0.6) is 17.2 Å². The van der Waals surface area contributed by atoms with Crippen LogP contribution in [-0.4, -0.2) is 56.0 Å². The smallest absolute Gasteiger partial charge is 0.234 e. The number of aromatic nitrogens is 2. The third kappa shape index (κ3) is 5.94. The number of rotatable bonds is 8. The second kappa shape index (κ2) is 10.6. The number of piperidine rings is 1. The highest BCUT2D eigenvalue weighted by Crippen LogP contribution is 2.40. The van der Waals surface area contributed by atoms with Gasteiger partial charge in [0.1, 0.15) is 17.2 Å². The van der Waals surface area contributed by atoms with E-state index in [9.17, 15) is 4.79 Å². The van der Waals surface area contributed by atoms with Crippen molar-refractivity contribution in [1.29, 1.82) is 0 Å². The van der Waals surface area contributed by atoms with Crippen LogP contribution < -0.4 is 24.4 Å². The monoisotopic (exact) mass is 446 g/mol. The number of nitrogens with one attached hydrogen (secondary N) is 1. The molecule has 31 heavy (non-hydrogen) atoms. The van der Waals surface area contributed by atoms with Gasteiger partial charge < -0.3 is 24.4 Å². The normalized spacial score (nSPS) is 18.4. The second-order valence-electron chi connectivity index (χ2n) is 7.82. The van der Waals surface area contributed by atoms with Gasteiger partial charge >= 0.3 is 0 Å². The summed E-state index contributed by atoms with van der Waals surface area (Å²) in [6.45, 7) is 6.53. The summed E-state index contributed by atoms with van der Waals surface area (Å²) in [6.07, 6.45) is 2.81.